The molecule has 7 heteroatoms. The Bertz CT molecular complexity index is 1240. The number of aromatic carboxylic acids is 1. The number of carboxylic acid groups (broad SMARTS) is 1. The monoisotopic (exact) mass is 560 g/mol. The summed E-state index contributed by atoms with van der Waals surface area (Å²) in [4.78, 5) is 25.2. The molecule has 40 heavy (non-hydrogen) atoms. The van der Waals surface area contributed by atoms with Gasteiger partial charge >= 0.3 is 5.97 Å². The second-order valence-electron chi connectivity index (χ2n) is 9.99. The van der Waals surface area contributed by atoms with Crippen molar-refractivity contribution in [3.8, 4) is 5.75 Å². The molecule has 0 unspecified atom stereocenters. The van der Waals surface area contributed by atoms with E-state index in [-0.39, 0.29) is 11.3 Å². The zero-order valence-corrected chi connectivity index (χ0v) is 24.3. The maximum Gasteiger partial charge on any atom is 0.339 e. The third-order valence-electron chi connectivity index (χ3n) is 7.02. The molecule has 3 aromatic carbocycles. The summed E-state index contributed by atoms with van der Waals surface area (Å²) in [6.07, 6.45) is 9.03. The number of hydrogen-bond donors (Lipinski definition) is 2. The summed E-state index contributed by atoms with van der Waals surface area (Å²) < 4.78 is 2.28. The Hall–Kier alpha value is -3.55. The van der Waals surface area contributed by atoms with Crippen molar-refractivity contribution < 1.29 is 19.8 Å². The highest BCUT2D eigenvalue weighted by molar-refractivity contribution is 7.97. The van der Waals surface area contributed by atoms with E-state index in [0.29, 0.717) is 24.6 Å². The molecule has 0 aromatic heterocycles. The quantitative estimate of drug-likeness (QED) is 0.141. The first-order valence-electron chi connectivity index (χ1n) is 13.8. The molecule has 1 aliphatic rings. The third-order valence-corrected chi connectivity index (χ3v) is 8.17. The molecule has 0 spiro atoms. The maximum atomic E-state index is 11.5. The van der Waals surface area contributed by atoms with Crippen molar-refractivity contribution in [2.45, 2.75) is 63.3 Å². The van der Waals surface area contributed by atoms with E-state index >= 15 is 0 Å². The summed E-state index contributed by atoms with van der Waals surface area (Å²) >= 11 is 1.78. The van der Waals surface area contributed by atoms with Gasteiger partial charge in [0.1, 0.15) is 11.3 Å². The zero-order chi connectivity index (χ0) is 28.9. The number of phenols is 1. The molecular weight excluding hydrogens is 520 g/mol. The normalized spacial score (nSPS) is 13.3. The van der Waals surface area contributed by atoms with Gasteiger partial charge in [0.2, 0.25) is 6.41 Å². The van der Waals surface area contributed by atoms with Crippen LogP contribution in [-0.2, 0) is 11.3 Å². The molecule has 6 nitrogen and oxygen atoms in total. The van der Waals surface area contributed by atoms with Crippen molar-refractivity contribution in [1.29, 1.82) is 0 Å². The van der Waals surface area contributed by atoms with E-state index in [1.165, 1.54) is 71.2 Å². The van der Waals surface area contributed by atoms with Crippen LogP contribution in [0.4, 0.5) is 5.69 Å². The van der Waals surface area contributed by atoms with Gasteiger partial charge in [-0.3, -0.25) is 4.79 Å². The fourth-order valence-electron chi connectivity index (χ4n) is 4.72. The maximum absolute atomic E-state index is 11.5. The van der Waals surface area contributed by atoms with Crippen LogP contribution in [0.3, 0.4) is 0 Å². The van der Waals surface area contributed by atoms with Crippen LogP contribution in [-0.4, -0.2) is 40.0 Å². The second kappa shape index (κ2) is 15.9. The molecule has 1 saturated carbocycles. The number of aromatic hydroxyl groups is 1. The first-order chi connectivity index (χ1) is 19.3. The Balaban J connectivity index is 0.000000267. The highest BCUT2D eigenvalue weighted by Gasteiger charge is 2.16. The molecule has 0 radical (unpaired) electrons. The number of rotatable bonds is 11. The van der Waals surface area contributed by atoms with Crippen molar-refractivity contribution in [3.63, 3.8) is 0 Å². The Morgan fingerprint density at radius 3 is 2.25 bits per heavy atom. The van der Waals surface area contributed by atoms with E-state index in [4.69, 9.17) is 5.11 Å². The first kappa shape index (κ1) is 31.0. The molecule has 212 valence electrons. The van der Waals surface area contributed by atoms with Crippen molar-refractivity contribution in [2.24, 2.45) is 0 Å². The largest absolute Gasteiger partial charge is 0.507 e. The van der Waals surface area contributed by atoms with Crippen molar-refractivity contribution in [1.82, 2.24) is 4.31 Å². The van der Waals surface area contributed by atoms with Crippen LogP contribution in [0.25, 0.3) is 0 Å². The number of carbonyl (C=O) groups excluding carboxylic acids is 1. The van der Waals surface area contributed by atoms with Gasteiger partial charge in [-0.25, -0.2) is 9.10 Å². The van der Waals surface area contributed by atoms with E-state index in [1.807, 2.05) is 18.2 Å². The summed E-state index contributed by atoms with van der Waals surface area (Å²) in [7, 11) is 0. The number of anilines is 1. The summed E-state index contributed by atoms with van der Waals surface area (Å²) in [6, 6.07) is 21.1. The zero-order valence-electron chi connectivity index (χ0n) is 23.5. The van der Waals surface area contributed by atoms with Crippen LogP contribution in [0.15, 0.2) is 84.3 Å². The average molecular weight is 561 g/mol. The minimum atomic E-state index is -1.20. The molecular formula is C33H40N2O4S. The Kier molecular flexibility index (Phi) is 12.3. The van der Waals surface area contributed by atoms with E-state index < -0.39 is 5.97 Å². The predicted molar refractivity (Wildman–Crippen MR) is 164 cm³/mol. The topological polar surface area (TPSA) is 81.1 Å². The minimum Gasteiger partial charge on any atom is -0.507 e. The average Bonchev–Trinajstić information content (AvgIpc) is 2.97. The Morgan fingerprint density at radius 1 is 1.02 bits per heavy atom. The molecule has 1 amide bonds. The summed E-state index contributed by atoms with van der Waals surface area (Å²) in [5.41, 5.74) is 3.92. The Morgan fingerprint density at radius 2 is 1.70 bits per heavy atom. The summed E-state index contributed by atoms with van der Waals surface area (Å²) in [5.74, 6) is -0.917. The van der Waals surface area contributed by atoms with Crippen molar-refractivity contribution >= 4 is 30.0 Å². The van der Waals surface area contributed by atoms with Gasteiger partial charge in [-0.2, -0.15) is 0 Å². The fourth-order valence-corrected chi connectivity index (χ4v) is 5.58. The lowest BCUT2D eigenvalue weighted by atomic mass is 9.84. The van der Waals surface area contributed by atoms with Crippen LogP contribution in [0, 0.1) is 6.92 Å². The van der Waals surface area contributed by atoms with E-state index in [1.54, 1.807) is 11.9 Å². The molecule has 4 rings (SSSR count). The van der Waals surface area contributed by atoms with E-state index in [0.717, 1.165) is 18.7 Å². The molecule has 1 aliphatic carbocycles. The smallest absolute Gasteiger partial charge is 0.339 e. The van der Waals surface area contributed by atoms with E-state index in [9.17, 15) is 14.7 Å². The molecule has 0 saturated heterocycles. The van der Waals surface area contributed by atoms with Crippen LogP contribution in [0.1, 0.15) is 72.0 Å². The fraction of sp³-hybridized carbons (Fsp3) is 0.333. The number of amides is 1. The van der Waals surface area contributed by atoms with Gasteiger partial charge in [-0.15, -0.1) is 6.58 Å². The lowest BCUT2D eigenvalue weighted by Crippen LogP contribution is -2.20. The molecule has 3 aromatic rings. The lowest BCUT2D eigenvalue weighted by Gasteiger charge is -2.23. The SMILES string of the molecule is C=CCN(CC)Sc1ccc(C)cc1.O=CN(Cc1ccc(C2CCCCC2)cc1)c1ccc(C(=O)O)c(O)c1. The molecule has 0 atom stereocenters. The van der Waals surface area contributed by atoms with Gasteiger partial charge in [0.15, 0.2) is 0 Å². The van der Waals surface area contributed by atoms with Gasteiger partial charge in [0.25, 0.3) is 0 Å². The standard InChI is InChI=1S/C21H23NO4.C12H17NS/c23-14-22(18-10-11-19(21(25)26)20(24)12-18)13-15-6-8-17(9-7-15)16-4-2-1-3-5-16;1-4-10-13(5-2)14-12-8-6-11(3)7-9-12/h6-12,14,16,24H,1-5,13H2,(H,25,26);4,6-9H,1,5,10H2,2-3H3. The summed E-state index contributed by atoms with van der Waals surface area (Å²) in [6.45, 7) is 10.3. The van der Waals surface area contributed by atoms with Crippen molar-refractivity contribution in [3.05, 3.63) is 102 Å². The van der Waals surface area contributed by atoms with Crippen LogP contribution in [0.5, 0.6) is 5.75 Å². The van der Waals surface area contributed by atoms with Crippen LogP contribution in [0.2, 0.25) is 0 Å². The number of carbonyl (C=O) groups is 2. The van der Waals surface area contributed by atoms with Gasteiger partial charge < -0.3 is 15.1 Å². The summed E-state index contributed by atoms with van der Waals surface area (Å²) in [5, 5.41) is 18.8. The molecule has 1 fully saturated rings. The predicted octanol–water partition coefficient (Wildman–Crippen LogP) is 7.81. The number of aryl methyl sites for hydroxylation is 1. The van der Waals surface area contributed by atoms with Crippen molar-refractivity contribution in [2.75, 3.05) is 18.0 Å². The van der Waals surface area contributed by atoms with Gasteiger partial charge in [-0.05, 0) is 73.0 Å². The first-order valence-corrected chi connectivity index (χ1v) is 14.6. The second-order valence-corrected chi connectivity index (χ2v) is 11.2. The van der Waals surface area contributed by atoms with Crippen LogP contribution < -0.4 is 4.90 Å². The third kappa shape index (κ3) is 9.28. The lowest BCUT2D eigenvalue weighted by molar-refractivity contribution is -0.107. The number of benzene rings is 3. The van der Waals surface area contributed by atoms with Gasteiger partial charge in [0, 0.05) is 29.7 Å². The van der Waals surface area contributed by atoms with Gasteiger partial charge in [-0.1, -0.05) is 74.2 Å². The molecule has 0 aliphatic heterocycles. The number of nitrogens with zero attached hydrogens (tertiary/aromatic N) is 2. The van der Waals surface area contributed by atoms with Crippen LogP contribution >= 0.6 is 11.9 Å². The highest BCUT2D eigenvalue weighted by Crippen LogP contribution is 2.33. The molecule has 0 heterocycles. The van der Waals surface area contributed by atoms with E-state index in [2.05, 4.69) is 61.1 Å². The van der Waals surface area contributed by atoms with Gasteiger partial charge in [0.05, 0.1) is 6.54 Å². The number of hydrogen-bond acceptors (Lipinski definition) is 5. The molecule has 0 bridgehead atoms. The highest BCUT2D eigenvalue weighted by atomic mass is 32.2. The number of likely N-dealkylation sites (N-methyl/N-ethyl adjacent to an activating group) is 1. The minimum absolute atomic E-state index is 0.184. The Labute approximate surface area is 242 Å². The molecule has 2 N–H and O–H groups in total. The number of carboxylic acids is 1.